The average molecular weight is 538 g/mol. The van der Waals surface area contributed by atoms with Crippen molar-refractivity contribution in [3.05, 3.63) is 86.6 Å². The zero-order valence-electron chi connectivity index (χ0n) is 20.6. The Morgan fingerprint density at radius 2 is 1.69 bits per heavy atom. The highest BCUT2D eigenvalue weighted by Gasteiger charge is 2.26. The molecule has 0 unspecified atom stereocenters. The molecule has 0 amide bonds. The van der Waals surface area contributed by atoms with E-state index in [0.717, 1.165) is 16.7 Å². The average Bonchev–Trinajstić information content (AvgIpc) is 3.54. The van der Waals surface area contributed by atoms with Gasteiger partial charge in [0.1, 0.15) is 17.4 Å². The molecule has 11 nitrogen and oxygen atoms in total. The van der Waals surface area contributed by atoms with Crippen LogP contribution in [-0.2, 0) is 20.1 Å². The molecule has 1 atom stereocenters. The number of benzene rings is 2. The number of anilines is 1. The topological polar surface area (TPSA) is 124 Å². The molecule has 0 spiro atoms. The Hall–Kier alpha value is -4.59. The summed E-state index contributed by atoms with van der Waals surface area (Å²) in [6.07, 6.45) is 4.25. The molecule has 4 heterocycles. The Morgan fingerprint density at radius 1 is 0.974 bits per heavy atom. The number of fused-ring (bicyclic) bond motifs is 3. The Morgan fingerprint density at radius 3 is 2.33 bits per heavy atom. The van der Waals surface area contributed by atoms with Crippen LogP contribution in [0.15, 0.2) is 46.5 Å². The lowest BCUT2D eigenvalue weighted by Crippen LogP contribution is -2.41. The minimum absolute atomic E-state index is 0.0339. The SMILES string of the molecule is Cn1cnc(Cn2c(=O)c3c4nccnc4c(N4CC[C@@H](O)C4)cc3n(Cc3cc(F)c(F)c(F)c3)c2=O)n1. The molecule has 39 heavy (non-hydrogen) atoms. The lowest BCUT2D eigenvalue weighted by atomic mass is 10.1. The molecule has 14 heteroatoms. The van der Waals surface area contributed by atoms with Crippen LogP contribution in [0.1, 0.15) is 17.8 Å². The molecule has 1 fully saturated rings. The van der Waals surface area contributed by atoms with Gasteiger partial charge in [-0.2, -0.15) is 5.10 Å². The van der Waals surface area contributed by atoms with Crippen molar-refractivity contribution in [3.8, 4) is 0 Å². The smallest absolute Gasteiger partial charge is 0.332 e. The Balaban J connectivity index is 1.67. The van der Waals surface area contributed by atoms with E-state index in [9.17, 15) is 27.9 Å². The summed E-state index contributed by atoms with van der Waals surface area (Å²) >= 11 is 0. The Kier molecular flexibility index (Phi) is 5.90. The molecule has 0 bridgehead atoms. The van der Waals surface area contributed by atoms with E-state index in [4.69, 9.17) is 0 Å². The molecule has 5 aromatic rings. The standard InChI is InChI=1S/C25H21F3N8O3/c1-33-12-31-19(32-33)11-36-24(38)20-17(35(25(36)39)9-13-6-15(26)21(28)16(27)7-13)8-18(34-5-2-14(37)10-34)22-23(20)30-4-3-29-22/h3-4,6-8,12,14,37H,2,5,9-11H2,1H3/t14-/m1/s1. The predicted octanol–water partition coefficient (Wildman–Crippen LogP) is 1.32. The quantitative estimate of drug-likeness (QED) is 0.263. The van der Waals surface area contributed by atoms with Gasteiger partial charge in [0.15, 0.2) is 23.3 Å². The highest BCUT2D eigenvalue weighted by atomic mass is 19.2. The molecule has 200 valence electrons. The number of hydrogen-bond acceptors (Lipinski definition) is 8. The number of hydrogen-bond donors (Lipinski definition) is 1. The van der Waals surface area contributed by atoms with Gasteiger partial charge in [-0.3, -0.25) is 28.6 Å². The first kappa shape index (κ1) is 24.7. The second-order valence-corrected chi connectivity index (χ2v) is 9.40. The van der Waals surface area contributed by atoms with Crippen LogP contribution in [0.5, 0.6) is 0 Å². The molecule has 3 aromatic heterocycles. The fraction of sp³-hybridized carbons (Fsp3) is 0.280. The Labute approximate surface area is 217 Å². The normalized spacial score (nSPS) is 15.6. The molecule has 1 N–H and O–H groups in total. The number of halogens is 3. The van der Waals surface area contributed by atoms with Gasteiger partial charge in [-0.15, -0.1) is 0 Å². The van der Waals surface area contributed by atoms with E-state index >= 15 is 0 Å². The van der Waals surface area contributed by atoms with Crippen LogP contribution in [0.2, 0.25) is 0 Å². The summed E-state index contributed by atoms with van der Waals surface area (Å²) in [5.74, 6) is -4.24. The van der Waals surface area contributed by atoms with Crippen molar-refractivity contribution in [2.45, 2.75) is 25.6 Å². The van der Waals surface area contributed by atoms with Crippen LogP contribution in [-0.4, -0.2) is 58.2 Å². The molecule has 2 aromatic carbocycles. The van der Waals surface area contributed by atoms with Crippen molar-refractivity contribution in [2.75, 3.05) is 18.0 Å². The van der Waals surface area contributed by atoms with E-state index in [-0.39, 0.29) is 40.9 Å². The van der Waals surface area contributed by atoms with Gasteiger partial charge < -0.3 is 10.0 Å². The summed E-state index contributed by atoms with van der Waals surface area (Å²) in [6, 6.07) is 3.18. The van der Waals surface area contributed by atoms with Crippen molar-refractivity contribution in [3.63, 3.8) is 0 Å². The molecule has 1 saturated heterocycles. The van der Waals surface area contributed by atoms with E-state index in [1.165, 1.54) is 28.0 Å². The number of aryl methyl sites for hydroxylation is 1. The maximum absolute atomic E-state index is 14.1. The van der Waals surface area contributed by atoms with Crippen molar-refractivity contribution >= 4 is 27.6 Å². The molecule has 0 aliphatic carbocycles. The van der Waals surface area contributed by atoms with Crippen molar-refractivity contribution in [1.82, 2.24) is 33.9 Å². The summed E-state index contributed by atoms with van der Waals surface area (Å²) < 4.78 is 45.3. The first-order valence-corrected chi connectivity index (χ1v) is 12.0. The third kappa shape index (κ3) is 4.22. The van der Waals surface area contributed by atoms with Crippen LogP contribution >= 0.6 is 0 Å². The van der Waals surface area contributed by atoms with Crippen LogP contribution in [0.25, 0.3) is 21.9 Å². The van der Waals surface area contributed by atoms with Gasteiger partial charge in [-0.25, -0.2) is 22.9 Å². The summed E-state index contributed by atoms with van der Waals surface area (Å²) in [7, 11) is 1.63. The molecule has 1 aliphatic rings. The molecular weight excluding hydrogens is 517 g/mol. The van der Waals surface area contributed by atoms with Crippen LogP contribution in [0.3, 0.4) is 0 Å². The monoisotopic (exact) mass is 538 g/mol. The van der Waals surface area contributed by atoms with E-state index in [1.807, 2.05) is 4.90 Å². The van der Waals surface area contributed by atoms with E-state index in [2.05, 4.69) is 20.1 Å². The number of β-amino-alcohol motifs (C(OH)–C–C–N with tert-alkyl or cyclic N) is 1. The molecule has 1 aliphatic heterocycles. The Bertz CT molecular complexity index is 1860. The first-order chi connectivity index (χ1) is 18.7. The van der Waals surface area contributed by atoms with E-state index in [0.29, 0.717) is 30.7 Å². The van der Waals surface area contributed by atoms with Crippen molar-refractivity contribution < 1.29 is 18.3 Å². The van der Waals surface area contributed by atoms with Gasteiger partial charge in [0, 0.05) is 32.5 Å². The number of aliphatic hydroxyl groups excluding tert-OH is 1. The molecular formula is C25H21F3N8O3. The second kappa shape index (κ2) is 9.31. The number of rotatable bonds is 5. The summed E-state index contributed by atoms with van der Waals surface area (Å²) in [5, 5.41) is 14.3. The van der Waals surface area contributed by atoms with Gasteiger partial charge in [0.25, 0.3) is 5.56 Å². The van der Waals surface area contributed by atoms with Gasteiger partial charge >= 0.3 is 5.69 Å². The number of aliphatic hydroxyl groups is 1. The summed E-state index contributed by atoms with van der Waals surface area (Å²) in [6.45, 7) is 0.146. The highest BCUT2D eigenvalue weighted by Crippen LogP contribution is 2.32. The summed E-state index contributed by atoms with van der Waals surface area (Å²) in [4.78, 5) is 42.4. The predicted molar refractivity (Wildman–Crippen MR) is 134 cm³/mol. The van der Waals surface area contributed by atoms with Gasteiger partial charge in [0.2, 0.25) is 0 Å². The number of aromatic nitrogens is 7. The lowest BCUT2D eigenvalue weighted by molar-refractivity contribution is 0.198. The first-order valence-electron chi connectivity index (χ1n) is 12.0. The maximum Gasteiger partial charge on any atom is 0.332 e. The van der Waals surface area contributed by atoms with Gasteiger partial charge in [-0.1, -0.05) is 0 Å². The summed E-state index contributed by atoms with van der Waals surface area (Å²) in [5.41, 5.74) is -0.213. The zero-order chi connectivity index (χ0) is 27.4. The fourth-order valence-corrected chi connectivity index (χ4v) is 4.97. The molecule has 0 radical (unpaired) electrons. The van der Waals surface area contributed by atoms with E-state index < -0.39 is 34.8 Å². The minimum atomic E-state index is -1.63. The van der Waals surface area contributed by atoms with Crippen molar-refractivity contribution in [1.29, 1.82) is 0 Å². The van der Waals surface area contributed by atoms with Crippen LogP contribution < -0.4 is 16.1 Å². The van der Waals surface area contributed by atoms with Gasteiger partial charge in [-0.05, 0) is 30.2 Å². The fourth-order valence-electron chi connectivity index (χ4n) is 4.97. The number of nitrogens with zero attached hydrogens (tertiary/aromatic N) is 8. The lowest BCUT2D eigenvalue weighted by Gasteiger charge is -2.22. The molecule has 0 saturated carbocycles. The highest BCUT2D eigenvalue weighted by molar-refractivity contribution is 6.08. The third-order valence-corrected chi connectivity index (χ3v) is 6.75. The van der Waals surface area contributed by atoms with Crippen LogP contribution in [0, 0.1) is 17.5 Å². The maximum atomic E-state index is 14.1. The van der Waals surface area contributed by atoms with E-state index in [1.54, 1.807) is 13.1 Å². The van der Waals surface area contributed by atoms with Crippen molar-refractivity contribution in [2.24, 2.45) is 7.05 Å². The van der Waals surface area contributed by atoms with Crippen LogP contribution in [0.4, 0.5) is 18.9 Å². The third-order valence-electron chi connectivity index (χ3n) is 6.75. The largest absolute Gasteiger partial charge is 0.391 e. The van der Waals surface area contributed by atoms with Gasteiger partial charge in [0.05, 0.1) is 35.8 Å². The minimum Gasteiger partial charge on any atom is -0.391 e. The molecule has 6 rings (SSSR count). The zero-order valence-corrected chi connectivity index (χ0v) is 20.6. The second-order valence-electron chi connectivity index (χ2n) is 9.40.